The van der Waals surface area contributed by atoms with Crippen LogP contribution in [0.15, 0.2) is 24.3 Å². The van der Waals surface area contributed by atoms with E-state index < -0.39 is 16.0 Å². The second kappa shape index (κ2) is 6.60. The fourth-order valence-corrected chi connectivity index (χ4v) is 4.55. The van der Waals surface area contributed by atoms with Gasteiger partial charge in [0.2, 0.25) is 10.0 Å². The van der Waals surface area contributed by atoms with Crippen LogP contribution >= 0.6 is 11.8 Å². The van der Waals surface area contributed by atoms with E-state index >= 15 is 0 Å². The number of aromatic carboxylic acids is 1. The minimum absolute atomic E-state index is 0.102. The molecule has 2 rings (SSSR count). The maximum Gasteiger partial charge on any atom is 0.335 e. The van der Waals surface area contributed by atoms with Gasteiger partial charge in [0.05, 0.1) is 11.3 Å². The SMILES string of the molecule is O=C(O)c1cccc(CS(=O)(=O)NCC2CCSC2)c1. The van der Waals surface area contributed by atoms with Gasteiger partial charge in [-0.15, -0.1) is 0 Å². The minimum Gasteiger partial charge on any atom is -0.478 e. The molecule has 0 bridgehead atoms. The Labute approximate surface area is 122 Å². The van der Waals surface area contributed by atoms with Gasteiger partial charge in [0.1, 0.15) is 0 Å². The molecule has 2 N–H and O–H groups in total. The zero-order valence-corrected chi connectivity index (χ0v) is 12.5. The molecule has 1 aromatic carbocycles. The molecule has 1 unspecified atom stereocenters. The van der Waals surface area contributed by atoms with Crippen molar-refractivity contribution in [1.29, 1.82) is 0 Å². The molecule has 0 aromatic heterocycles. The van der Waals surface area contributed by atoms with Crippen LogP contribution in [0.4, 0.5) is 0 Å². The molecule has 5 nitrogen and oxygen atoms in total. The fraction of sp³-hybridized carbons (Fsp3) is 0.462. The molecule has 1 heterocycles. The number of sulfonamides is 1. The summed E-state index contributed by atoms with van der Waals surface area (Å²) in [5.41, 5.74) is 0.586. The molecule has 20 heavy (non-hydrogen) atoms. The lowest BCUT2D eigenvalue weighted by Crippen LogP contribution is -2.30. The van der Waals surface area contributed by atoms with E-state index in [0.29, 0.717) is 18.0 Å². The van der Waals surface area contributed by atoms with Crippen molar-refractivity contribution in [2.24, 2.45) is 5.92 Å². The Balaban J connectivity index is 1.96. The molecule has 1 aliphatic rings. The molecule has 1 aromatic rings. The first-order valence-electron chi connectivity index (χ1n) is 6.33. The maximum atomic E-state index is 12.0. The molecule has 0 saturated carbocycles. The number of carboxylic acids is 1. The van der Waals surface area contributed by atoms with E-state index in [4.69, 9.17) is 5.11 Å². The van der Waals surface area contributed by atoms with Crippen LogP contribution in [0.2, 0.25) is 0 Å². The van der Waals surface area contributed by atoms with Gasteiger partial charge in [-0.25, -0.2) is 17.9 Å². The van der Waals surface area contributed by atoms with Gasteiger partial charge in [-0.05, 0) is 41.5 Å². The van der Waals surface area contributed by atoms with Crippen LogP contribution < -0.4 is 4.72 Å². The highest BCUT2D eigenvalue weighted by molar-refractivity contribution is 7.99. The van der Waals surface area contributed by atoms with Gasteiger partial charge in [-0.1, -0.05) is 12.1 Å². The molecule has 0 aliphatic carbocycles. The number of benzene rings is 1. The first kappa shape index (κ1) is 15.3. The van der Waals surface area contributed by atoms with E-state index in [-0.39, 0.29) is 11.3 Å². The highest BCUT2D eigenvalue weighted by Gasteiger charge is 2.19. The molecular formula is C13H17NO4S2. The summed E-state index contributed by atoms with van der Waals surface area (Å²) in [5, 5.41) is 8.89. The maximum absolute atomic E-state index is 12.0. The first-order chi connectivity index (χ1) is 9.46. The topological polar surface area (TPSA) is 83.5 Å². The van der Waals surface area contributed by atoms with Crippen LogP contribution in [-0.2, 0) is 15.8 Å². The fourth-order valence-electron chi connectivity index (χ4n) is 2.05. The summed E-state index contributed by atoms with van der Waals surface area (Å²) in [6.45, 7) is 0.466. The van der Waals surface area contributed by atoms with E-state index in [1.165, 1.54) is 12.1 Å². The van der Waals surface area contributed by atoms with Crippen molar-refractivity contribution in [2.45, 2.75) is 12.2 Å². The standard InChI is InChI=1S/C13H17NO4S2/c15-13(16)12-3-1-2-10(6-12)9-20(17,18)14-7-11-4-5-19-8-11/h1-3,6,11,14H,4-5,7-9H2,(H,15,16). The van der Waals surface area contributed by atoms with Crippen LogP contribution in [0.5, 0.6) is 0 Å². The van der Waals surface area contributed by atoms with Gasteiger partial charge in [-0.3, -0.25) is 0 Å². The van der Waals surface area contributed by atoms with Gasteiger partial charge < -0.3 is 5.11 Å². The van der Waals surface area contributed by atoms with Crippen molar-refractivity contribution in [3.05, 3.63) is 35.4 Å². The zero-order valence-electron chi connectivity index (χ0n) is 10.9. The predicted octanol–water partition coefficient (Wildman–Crippen LogP) is 1.56. The molecule has 1 aliphatic heterocycles. The Bertz CT molecular complexity index is 580. The largest absolute Gasteiger partial charge is 0.478 e. The minimum atomic E-state index is -3.42. The Hall–Kier alpha value is -1.05. The van der Waals surface area contributed by atoms with Crippen LogP contribution in [0.3, 0.4) is 0 Å². The Morgan fingerprint density at radius 1 is 1.45 bits per heavy atom. The van der Waals surface area contributed by atoms with Crippen molar-refractivity contribution in [3.63, 3.8) is 0 Å². The normalized spacial score (nSPS) is 19.1. The summed E-state index contributed by atoms with van der Waals surface area (Å²) in [4.78, 5) is 10.9. The Morgan fingerprint density at radius 3 is 2.90 bits per heavy atom. The van der Waals surface area contributed by atoms with Crippen molar-refractivity contribution >= 4 is 27.8 Å². The van der Waals surface area contributed by atoms with Gasteiger partial charge in [-0.2, -0.15) is 11.8 Å². The van der Waals surface area contributed by atoms with E-state index in [9.17, 15) is 13.2 Å². The quantitative estimate of drug-likeness (QED) is 0.832. The van der Waals surface area contributed by atoms with Gasteiger partial charge >= 0.3 is 5.97 Å². The number of rotatable bonds is 6. The number of nitrogens with one attached hydrogen (secondary N) is 1. The lowest BCUT2D eigenvalue weighted by atomic mass is 10.1. The molecule has 1 saturated heterocycles. The van der Waals surface area contributed by atoms with Crippen molar-refractivity contribution in [1.82, 2.24) is 4.72 Å². The molecule has 0 radical (unpaired) electrons. The van der Waals surface area contributed by atoms with E-state index in [1.54, 1.807) is 12.1 Å². The van der Waals surface area contributed by atoms with Gasteiger partial charge in [0.25, 0.3) is 0 Å². The summed E-state index contributed by atoms with van der Waals surface area (Å²) in [7, 11) is -3.42. The average molecular weight is 315 g/mol. The zero-order chi connectivity index (χ0) is 14.6. The van der Waals surface area contributed by atoms with Crippen LogP contribution in [0.25, 0.3) is 0 Å². The monoisotopic (exact) mass is 315 g/mol. The second-order valence-corrected chi connectivity index (χ2v) is 7.80. The molecule has 0 amide bonds. The van der Waals surface area contributed by atoms with E-state index in [1.807, 2.05) is 11.8 Å². The summed E-state index contributed by atoms with van der Waals surface area (Å²) in [6, 6.07) is 6.02. The Kier molecular flexibility index (Phi) is 5.06. The summed E-state index contributed by atoms with van der Waals surface area (Å²) >= 11 is 1.84. The number of hydrogen-bond donors (Lipinski definition) is 2. The lowest BCUT2D eigenvalue weighted by Gasteiger charge is -2.11. The average Bonchev–Trinajstić information content (AvgIpc) is 2.89. The summed E-state index contributed by atoms with van der Waals surface area (Å²) in [6.07, 6.45) is 1.04. The van der Waals surface area contributed by atoms with Gasteiger partial charge in [0.15, 0.2) is 0 Å². The number of hydrogen-bond acceptors (Lipinski definition) is 4. The third-order valence-electron chi connectivity index (χ3n) is 3.15. The number of carbonyl (C=O) groups is 1. The van der Waals surface area contributed by atoms with Crippen molar-refractivity contribution in [3.8, 4) is 0 Å². The summed E-state index contributed by atoms with van der Waals surface area (Å²) in [5.74, 6) is 1.25. The molecule has 1 atom stereocenters. The third-order valence-corrected chi connectivity index (χ3v) is 5.70. The number of thioether (sulfide) groups is 1. The predicted molar refractivity (Wildman–Crippen MR) is 79.5 cm³/mol. The van der Waals surface area contributed by atoms with Crippen molar-refractivity contribution in [2.75, 3.05) is 18.1 Å². The second-order valence-electron chi connectivity index (χ2n) is 4.84. The molecule has 110 valence electrons. The van der Waals surface area contributed by atoms with Gasteiger partial charge in [0, 0.05) is 6.54 Å². The lowest BCUT2D eigenvalue weighted by molar-refractivity contribution is 0.0696. The highest BCUT2D eigenvalue weighted by Crippen LogP contribution is 2.22. The van der Waals surface area contributed by atoms with Crippen LogP contribution in [0.1, 0.15) is 22.3 Å². The Morgan fingerprint density at radius 2 is 2.25 bits per heavy atom. The smallest absolute Gasteiger partial charge is 0.335 e. The first-order valence-corrected chi connectivity index (χ1v) is 9.14. The van der Waals surface area contributed by atoms with Crippen LogP contribution in [-0.4, -0.2) is 37.5 Å². The number of carboxylic acid groups (broad SMARTS) is 1. The van der Waals surface area contributed by atoms with E-state index in [2.05, 4.69) is 4.72 Å². The molecule has 1 fully saturated rings. The van der Waals surface area contributed by atoms with Crippen LogP contribution in [0, 0.1) is 5.92 Å². The summed E-state index contributed by atoms with van der Waals surface area (Å²) < 4.78 is 26.6. The molecular weight excluding hydrogens is 298 g/mol. The molecule has 7 heteroatoms. The van der Waals surface area contributed by atoms with E-state index in [0.717, 1.165) is 17.9 Å². The third kappa shape index (κ3) is 4.50. The van der Waals surface area contributed by atoms with Crippen molar-refractivity contribution < 1.29 is 18.3 Å². The highest BCUT2D eigenvalue weighted by atomic mass is 32.2. The molecule has 0 spiro atoms.